The molecule has 0 heterocycles. The van der Waals surface area contributed by atoms with Crippen molar-refractivity contribution in [1.29, 1.82) is 0 Å². The van der Waals surface area contributed by atoms with Crippen molar-refractivity contribution < 1.29 is 14.1 Å². The second kappa shape index (κ2) is 6.32. The lowest BCUT2D eigenvalue weighted by atomic mass is 10.1. The van der Waals surface area contributed by atoms with Crippen LogP contribution in [0.4, 0.5) is 10.1 Å². The highest BCUT2D eigenvalue weighted by molar-refractivity contribution is 5.35. The minimum Gasteiger partial charge on any atom is -0.489 e. The average Bonchev–Trinajstić information content (AvgIpc) is 2.45. The summed E-state index contributed by atoms with van der Waals surface area (Å²) in [6.45, 7) is 1.99. The van der Waals surface area contributed by atoms with Crippen LogP contribution in [0.25, 0.3) is 0 Å². The highest BCUT2D eigenvalue weighted by Gasteiger charge is 2.13. The molecule has 5 nitrogen and oxygen atoms in total. The first-order valence-electron chi connectivity index (χ1n) is 6.38. The van der Waals surface area contributed by atoms with E-state index in [9.17, 15) is 14.5 Å². The van der Waals surface area contributed by atoms with Crippen LogP contribution in [-0.2, 0) is 6.61 Å². The number of benzene rings is 2. The number of nitro benzene ring substituents is 1. The lowest BCUT2D eigenvalue weighted by Crippen LogP contribution is -2.05. The van der Waals surface area contributed by atoms with Gasteiger partial charge >= 0.3 is 5.69 Å². The molecule has 0 aliphatic carbocycles. The van der Waals surface area contributed by atoms with Crippen LogP contribution in [-0.4, -0.2) is 4.92 Å². The Morgan fingerprint density at radius 2 is 2.10 bits per heavy atom. The van der Waals surface area contributed by atoms with E-state index >= 15 is 0 Å². The first-order chi connectivity index (χ1) is 9.97. The number of nitrogens with two attached hydrogens (primary N) is 1. The van der Waals surface area contributed by atoms with Crippen LogP contribution in [0.5, 0.6) is 5.75 Å². The van der Waals surface area contributed by atoms with Crippen LogP contribution in [0, 0.1) is 15.9 Å². The van der Waals surface area contributed by atoms with E-state index in [2.05, 4.69) is 0 Å². The first-order valence-corrected chi connectivity index (χ1v) is 6.38. The second-order valence-corrected chi connectivity index (χ2v) is 4.69. The van der Waals surface area contributed by atoms with Crippen molar-refractivity contribution in [3.63, 3.8) is 0 Å². The number of nitrogens with zero attached hydrogens (tertiary/aromatic N) is 1. The highest BCUT2D eigenvalue weighted by Crippen LogP contribution is 2.21. The van der Waals surface area contributed by atoms with Crippen LogP contribution >= 0.6 is 0 Å². The number of ether oxygens (including phenoxy) is 1. The summed E-state index contributed by atoms with van der Waals surface area (Å²) in [5.74, 6) is -0.256. The fourth-order valence-electron chi connectivity index (χ4n) is 1.84. The van der Waals surface area contributed by atoms with Gasteiger partial charge in [0.15, 0.2) is 0 Å². The van der Waals surface area contributed by atoms with Gasteiger partial charge in [-0.1, -0.05) is 12.1 Å². The number of nitro groups is 1. The summed E-state index contributed by atoms with van der Waals surface area (Å²) in [7, 11) is 0. The molecule has 2 N–H and O–H groups in total. The van der Waals surface area contributed by atoms with E-state index in [-0.39, 0.29) is 12.6 Å². The van der Waals surface area contributed by atoms with Gasteiger partial charge in [0.1, 0.15) is 12.4 Å². The summed E-state index contributed by atoms with van der Waals surface area (Å²) in [6.07, 6.45) is 0. The molecule has 0 aliphatic rings. The van der Waals surface area contributed by atoms with Gasteiger partial charge in [-0.2, -0.15) is 4.39 Å². The third kappa shape index (κ3) is 3.76. The number of hydrogen-bond acceptors (Lipinski definition) is 4. The van der Waals surface area contributed by atoms with Gasteiger partial charge in [0, 0.05) is 12.1 Å². The molecule has 0 radical (unpaired) electrons. The van der Waals surface area contributed by atoms with E-state index in [1.165, 1.54) is 6.07 Å². The Labute approximate surface area is 121 Å². The predicted octanol–water partition coefficient (Wildman–Crippen LogP) is 3.33. The maximum Gasteiger partial charge on any atom is 0.304 e. The molecule has 0 fully saturated rings. The van der Waals surface area contributed by atoms with E-state index in [4.69, 9.17) is 10.5 Å². The Hall–Kier alpha value is -2.47. The van der Waals surface area contributed by atoms with Gasteiger partial charge in [-0.15, -0.1) is 0 Å². The van der Waals surface area contributed by atoms with Crippen molar-refractivity contribution in [2.75, 3.05) is 0 Å². The molecule has 0 aromatic heterocycles. The third-order valence-electron chi connectivity index (χ3n) is 3.00. The summed E-state index contributed by atoms with van der Waals surface area (Å²) >= 11 is 0. The molecule has 0 bridgehead atoms. The summed E-state index contributed by atoms with van der Waals surface area (Å²) < 4.78 is 19.0. The average molecular weight is 290 g/mol. The molecule has 0 spiro atoms. The van der Waals surface area contributed by atoms with Gasteiger partial charge in [-0.3, -0.25) is 10.1 Å². The molecule has 0 saturated heterocycles. The van der Waals surface area contributed by atoms with Crippen molar-refractivity contribution >= 4 is 5.69 Å². The monoisotopic (exact) mass is 290 g/mol. The van der Waals surface area contributed by atoms with Crippen molar-refractivity contribution in [2.24, 2.45) is 5.73 Å². The zero-order valence-electron chi connectivity index (χ0n) is 11.5. The van der Waals surface area contributed by atoms with Crippen LogP contribution in [0.2, 0.25) is 0 Å². The smallest absolute Gasteiger partial charge is 0.304 e. The SMILES string of the molecule is C[C@@H](N)c1cccc(OCc2ccc([N+](=O)[O-])c(F)c2)c1. The van der Waals surface area contributed by atoms with Crippen LogP contribution < -0.4 is 10.5 Å². The third-order valence-corrected chi connectivity index (χ3v) is 3.00. The summed E-state index contributed by atoms with van der Waals surface area (Å²) in [4.78, 5) is 9.78. The van der Waals surface area contributed by atoms with Crippen molar-refractivity contribution in [3.05, 3.63) is 69.5 Å². The van der Waals surface area contributed by atoms with Gasteiger partial charge in [-0.25, -0.2) is 0 Å². The minimum atomic E-state index is -0.870. The molecule has 110 valence electrons. The maximum absolute atomic E-state index is 13.5. The summed E-state index contributed by atoms with van der Waals surface area (Å²) in [6, 6.07) is 10.9. The first kappa shape index (κ1) is 14.9. The largest absolute Gasteiger partial charge is 0.489 e. The van der Waals surface area contributed by atoms with Gasteiger partial charge in [0.2, 0.25) is 5.82 Å². The van der Waals surface area contributed by atoms with E-state index in [1.807, 2.05) is 25.1 Å². The minimum absolute atomic E-state index is 0.106. The molecule has 0 amide bonds. The Morgan fingerprint density at radius 3 is 2.71 bits per heavy atom. The van der Waals surface area contributed by atoms with E-state index < -0.39 is 16.4 Å². The Morgan fingerprint density at radius 1 is 1.33 bits per heavy atom. The number of hydrogen-bond donors (Lipinski definition) is 1. The topological polar surface area (TPSA) is 78.4 Å². The highest BCUT2D eigenvalue weighted by atomic mass is 19.1. The lowest BCUT2D eigenvalue weighted by Gasteiger charge is -2.10. The van der Waals surface area contributed by atoms with E-state index in [1.54, 1.807) is 6.07 Å². The van der Waals surface area contributed by atoms with Crippen molar-refractivity contribution in [3.8, 4) is 5.75 Å². The predicted molar refractivity (Wildman–Crippen MR) is 76.4 cm³/mol. The Balaban J connectivity index is 2.08. The number of halogens is 1. The van der Waals surface area contributed by atoms with Gasteiger partial charge in [-0.05, 0) is 42.3 Å². The van der Waals surface area contributed by atoms with Crippen molar-refractivity contribution in [2.45, 2.75) is 19.6 Å². The summed E-state index contributed by atoms with van der Waals surface area (Å²) in [5, 5.41) is 10.5. The summed E-state index contributed by atoms with van der Waals surface area (Å²) in [5.41, 5.74) is 6.69. The zero-order valence-corrected chi connectivity index (χ0v) is 11.5. The molecule has 0 aliphatic heterocycles. The van der Waals surface area contributed by atoms with Crippen LogP contribution in [0.15, 0.2) is 42.5 Å². The quantitative estimate of drug-likeness (QED) is 0.676. The fraction of sp³-hybridized carbons (Fsp3) is 0.200. The Bertz CT molecular complexity index is 659. The maximum atomic E-state index is 13.5. The molecule has 6 heteroatoms. The molecular weight excluding hydrogens is 275 g/mol. The van der Waals surface area contributed by atoms with E-state index in [0.29, 0.717) is 11.3 Å². The molecule has 0 unspecified atom stereocenters. The van der Waals surface area contributed by atoms with Gasteiger partial charge in [0.05, 0.1) is 4.92 Å². The lowest BCUT2D eigenvalue weighted by molar-refractivity contribution is -0.387. The molecular formula is C15H15FN2O3. The molecule has 2 rings (SSSR count). The molecule has 21 heavy (non-hydrogen) atoms. The van der Waals surface area contributed by atoms with Gasteiger partial charge < -0.3 is 10.5 Å². The zero-order chi connectivity index (χ0) is 15.4. The van der Waals surface area contributed by atoms with E-state index in [0.717, 1.165) is 17.7 Å². The standard InChI is InChI=1S/C15H15FN2O3/c1-10(17)12-3-2-4-13(8-12)21-9-11-5-6-15(18(19)20)14(16)7-11/h2-8,10H,9,17H2,1H3/t10-/m1/s1. The second-order valence-electron chi connectivity index (χ2n) is 4.69. The van der Waals surface area contributed by atoms with Crippen LogP contribution in [0.3, 0.4) is 0 Å². The van der Waals surface area contributed by atoms with Crippen molar-refractivity contribution in [1.82, 2.24) is 0 Å². The number of rotatable bonds is 5. The Kier molecular flexibility index (Phi) is 4.49. The molecule has 0 saturated carbocycles. The van der Waals surface area contributed by atoms with Crippen LogP contribution in [0.1, 0.15) is 24.1 Å². The normalized spacial score (nSPS) is 12.0. The fourth-order valence-corrected chi connectivity index (χ4v) is 1.84. The molecule has 2 aromatic rings. The molecule has 2 aromatic carbocycles. The molecule has 1 atom stereocenters. The van der Waals surface area contributed by atoms with Gasteiger partial charge in [0.25, 0.3) is 0 Å².